The van der Waals surface area contributed by atoms with E-state index in [9.17, 15) is 14.5 Å². The van der Waals surface area contributed by atoms with Crippen LogP contribution in [0.4, 0.5) is 21.5 Å². The molecule has 21 heavy (non-hydrogen) atoms. The van der Waals surface area contributed by atoms with Gasteiger partial charge in [-0.15, -0.1) is 0 Å². The number of pyridine rings is 1. The van der Waals surface area contributed by atoms with Crippen LogP contribution in [0.5, 0.6) is 0 Å². The highest BCUT2D eigenvalue weighted by Gasteiger charge is 2.14. The number of nitrogens with zero attached hydrogens (tertiary/aromatic N) is 2. The molecule has 0 aliphatic rings. The van der Waals surface area contributed by atoms with E-state index < -0.39 is 4.92 Å². The molecule has 0 saturated heterocycles. The minimum absolute atomic E-state index is 0.0251. The molecule has 0 saturated carbocycles. The Hall–Kier alpha value is -3.02. The van der Waals surface area contributed by atoms with Gasteiger partial charge in [-0.3, -0.25) is 15.1 Å². The summed E-state index contributed by atoms with van der Waals surface area (Å²) >= 11 is 0. The van der Waals surface area contributed by atoms with Crippen LogP contribution in [0.1, 0.15) is 0 Å². The second kappa shape index (κ2) is 5.16. The van der Waals surface area contributed by atoms with Crippen molar-refractivity contribution in [1.82, 2.24) is 4.98 Å². The van der Waals surface area contributed by atoms with Crippen LogP contribution in [-0.4, -0.2) is 9.91 Å². The van der Waals surface area contributed by atoms with Crippen LogP contribution < -0.4 is 5.32 Å². The number of non-ortho nitro benzene ring substituents is 1. The van der Waals surface area contributed by atoms with Crippen molar-refractivity contribution < 1.29 is 9.31 Å². The Morgan fingerprint density at radius 1 is 1.05 bits per heavy atom. The summed E-state index contributed by atoms with van der Waals surface area (Å²) in [6.07, 6.45) is 3.07. The van der Waals surface area contributed by atoms with Gasteiger partial charge in [0.1, 0.15) is 5.82 Å². The van der Waals surface area contributed by atoms with E-state index in [1.807, 2.05) is 0 Å². The summed E-state index contributed by atoms with van der Waals surface area (Å²) in [5.74, 6) is -0.323. The largest absolute Gasteiger partial charge is 0.355 e. The average molecular weight is 283 g/mol. The molecule has 3 aromatic rings. The number of nitrogens with one attached hydrogen (secondary N) is 1. The highest BCUT2D eigenvalue weighted by Crippen LogP contribution is 2.32. The van der Waals surface area contributed by atoms with Crippen molar-refractivity contribution in [2.24, 2.45) is 0 Å². The third-order valence-corrected chi connectivity index (χ3v) is 3.11. The maximum absolute atomic E-state index is 12.9. The predicted molar refractivity (Wildman–Crippen MR) is 78.1 cm³/mol. The SMILES string of the molecule is O=[N+]([O-])c1ccc(Nc2ccc(F)cc2)c2cnccc12. The first kappa shape index (κ1) is 13.0. The Morgan fingerprint density at radius 2 is 1.81 bits per heavy atom. The molecule has 6 heteroatoms. The molecule has 0 radical (unpaired) electrons. The van der Waals surface area contributed by atoms with Crippen LogP contribution >= 0.6 is 0 Å². The number of anilines is 2. The van der Waals surface area contributed by atoms with Gasteiger partial charge in [-0.05, 0) is 36.4 Å². The monoisotopic (exact) mass is 283 g/mol. The zero-order valence-corrected chi connectivity index (χ0v) is 10.8. The molecular formula is C15H10FN3O2. The number of nitro benzene ring substituents is 1. The van der Waals surface area contributed by atoms with E-state index in [4.69, 9.17) is 0 Å². The number of halogens is 1. The smallest absolute Gasteiger partial charge is 0.277 e. The number of rotatable bonds is 3. The van der Waals surface area contributed by atoms with Crippen LogP contribution in [-0.2, 0) is 0 Å². The molecule has 0 aliphatic heterocycles. The summed E-state index contributed by atoms with van der Waals surface area (Å²) in [5.41, 5.74) is 1.39. The highest BCUT2D eigenvalue weighted by molar-refractivity contribution is 6.00. The molecule has 1 N–H and O–H groups in total. The summed E-state index contributed by atoms with van der Waals surface area (Å²) in [6, 6.07) is 10.5. The summed E-state index contributed by atoms with van der Waals surface area (Å²) in [4.78, 5) is 14.6. The van der Waals surface area contributed by atoms with Crippen LogP contribution in [0.15, 0.2) is 54.9 Å². The molecule has 0 bridgehead atoms. The molecule has 5 nitrogen and oxygen atoms in total. The molecule has 0 fully saturated rings. The minimum Gasteiger partial charge on any atom is -0.355 e. The van der Waals surface area contributed by atoms with E-state index in [1.54, 1.807) is 30.5 Å². The first-order valence-corrected chi connectivity index (χ1v) is 6.19. The van der Waals surface area contributed by atoms with Crippen LogP contribution in [0.25, 0.3) is 10.8 Å². The third-order valence-electron chi connectivity index (χ3n) is 3.11. The Kier molecular flexibility index (Phi) is 3.19. The zero-order valence-electron chi connectivity index (χ0n) is 10.8. The maximum Gasteiger partial charge on any atom is 0.277 e. The second-order valence-corrected chi connectivity index (χ2v) is 4.44. The van der Waals surface area contributed by atoms with E-state index in [1.165, 1.54) is 24.4 Å². The topological polar surface area (TPSA) is 68.1 Å². The fraction of sp³-hybridized carbons (Fsp3) is 0. The number of nitro groups is 1. The van der Waals surface area contributed by atoms with Crippen LogP contribution in [0.2, 0.25) is 0 Å². The van der Waals surface area contributed by atoms with Gasteiger partial charge in [0, 0.05) is 35.2 Å². The summed E-state index contributed by atoms with van der Waals surface area (Å²) in [6.45, 7) is 0. The molecule has 0 amide bonds. The number of hydrogen-bond acceptors (Lipinski definition) is 4. The lowest BCUT2D eigenvalue weighted by Crippen LogP contribution is -1.95. The fourth-order valence-corrected chi connectivity index (χ4v) is 2.13. The van der Waals surface area contributed by atoms with Gasteiger partial charge in [0.2, 0.25) is 0 Å². The van der Waals surface area contributed by atoms with Crippen LogP contribution in [0.3, 0.4) is 0 Å². The first-order chi connectivity index (χ1) is 10.1. The van der Waals surface area contributed by atoms with Gasteiger partial charge < -0.3 is 5.32 Å². The van der Waals surface area contributed by atoms with Crippen molar-refractivity contribution in [2.45, 2.75) is 0 Å². The van der Waals surface area contributed by atoms with Crippen molar-refractivity contribution in [3.8, 4) is 0 Å². The van der Waals surface area contributed by atoms with Gasteiger partial charge in [0.15, 0.2) is 0 Å². The third kappa shape index (κ3) is 2.51. The van der Waals surface area contributed by atoms with Crippen molar-refractivity contribution in [1.29, 1.82) is 0 Å². The Labute approximate surface area is 119 Å². The molecule has 0 spiro atoms. The van der Waals surface area contributed by atoms with E-state index >= 15 is 0 Å². The Bertz CT molecular complexity index is 819. The minimum atomic E-state index is -0.427. The molecule has 1 heterocycles. The van der Waals surface area contributed by atoms with Gasteiger partial charge >= 0.3 is 0 Å². The summed E-state index contributed by atoms with van der Waals surface area (Å²) in [7, 11) is 0. The Morgan fingerprint density at radius 3 is 2.52 bits per heavy atom. The molecule has 104 valence electrons. The summed E-state index contributed by atoms with van der Waals surface area (Å²) < 4.78 is 12.9. The van der Waals surface area contributed by atoms with Crippen molar-refractivity contribution in [2.75, 3.05) is 5.32 Å². The molecule has 0 unspecified atom stereocenters. The van der Waals surface area contributed by atoms with Gasteiger partial charge in [0.05, 0.1) is 10.3 Å². The molecular weight excluding hydrogens is 273 g/mol. The first-order valence-electron chi connectivity index (χ1n) is 6.19. The standard InChI is InChI=1S/C15H10FN3O2/c16-10-1-3-11(4-2-10)18-14-5-6-15(19(20)21)12-7-8-17-9-13(12)14/h1-9,18H. The molecule has 0 aliphatic carbocycles. The lowest BCUT2D eigenvalue weighted by Gasteiger charge is -2.09. The quantitative estimate of drug-likeness (QED) is 0.582. The van der Waals surface area contributed by atoms with Gasteiger partial charge in [-0.2, -0.15) is 0 Å². The van der Waals surface area contributed by atoms with Gasteiger partial charge in [0.25, 0.3) is 5.69 Å². The highest BCUT2D eigenvalue weighted by atomic mass is 19.1. The predicted octanol–water partition coefficient (Wildman–Crippen LogP) is 4.03. The molecule has 2 aromatic carbocycles. The van der Waals surface area contributed by atoms with Crippen molar-refractivity contribution >= 4 is 27.8 Å². The molecule has 0 atom stereocenters. The van der Waals surface area contributed by atoms with E-state index in [0.29, 0.717) is 22.1 Å². The number of hydrogen-bond donors (Lipinski definition) is 1. The van der Waals surface area contributed by atoms with E-state index in [2.05, 4.69) is 10.3 Å². The average Bonchev–Trinajstić information content (AvgIpc) is 2.49. The van der Waals surface area contributed by atoms with E-state index in [0.717, 1.165) is 0 Å². The van der Waals surface area contributed by atoms with Crippen molar-refractivity contribution in [3.63, 3.8) is 0 Å². The van der Waals surface area contributed by atoms with E-state index in [-0.39, 0.29) is 11.5 Å². The lowest BCUT2D eigenvalue weighted by molar-refractivity contribution is -0.383. The number of aromatic nitrogens is 1. The maximum atomic E-state index is 12.9. The second-order valence-electron chi connectivity index (χ2n) is 4.44. The normalized spacial score (nSPS) is 10.5. The van der Waals surface area contributed by atoms with Crippen molar-refractivity contribution in [3.05, 3.63) is 70.8 Å². The number of benzene rings is 2. The molecule has 3 rings (SSSR count). The lowest BCUT2D eigenvalue weighted by atomic mass is 10.1. The fourth-order valence-electron chi connectivity index (χ4n) is 2.13. The number of fused-ring (bicyclic) bond motifs is 1. The van der Waals surface area contributed by atoms with Gasteiger partial charge in [-0.1, -0.05) is 0 Å². The zero-order chi connectivity index (χ0) is 14.8. The molecule has 1 aromatic heterocycles. The van der Waals surface area contributed by atoms with Crippen LogP contribution in [0, 0.1) is 15.9 Å². The Balaban J connectivity index is 2.09. The van der Waals surface area contributed by atoms with Gasteiger partial charge in [-0.25, -0.2) is 4.39 Å². The summed E-state index contributed by atoms with van der Waals surface area (Å²) in [5, 5.41) is 15.3.